The second-order valence-electron chi connectivity index (χ2n) is 4.22. The van der Waals surface area contributed by atoms with Gasteiger partial charge in [-0.15, -0.1) is 11.8 Å². The van der Waals surface area contributed by atoms with E-state index in [2.05, 4.69) is 62.6 Å². The maximum Gasteiger partial charge on any atom is 0.0125 e. The zero-order valence-electron chi connectivity index (χ0n) is 11.1. The molecule has 0 aliphatic rings. The summed E-state index contributed by atoms with van der Waals surface area (Å²) in [5.41, 5.74) is 2.83. The van der Waals surface area contributed by atoms with Gasteiger partial charge in [-0.3, -0.25) is 0 Å². The highest BCUT2D eigenvalue weighted by atomic mass is 32.2. The summed E-state index contributed by atoms with van der Waals surface area (Å²) in [6.45, 7) is 4.40. The lowest BCUT2D eigenvalue weighted by Crippen LogP contribution is -1.86. The van der Waals surface area contributed by atoms with Crippen molar-refractivity contribution in [2.75, 3.05) is 6.26 Å². The molecule has 0 fully saturated rings. The molecule has 0 aliphatic carbocycles. The van der Waals surface area contributed by atoms with Crippen molar-refractivity contribution in [1.29, 1.82) is 0 Å². The maximum atomic E-state index is 2.28. The van der Waals surface area contributed by atoms with Gasteiger partial charge in [-0.05, 0) is 67.1 Å². The van der Waals surface area contributed by atoms with Crippen molar-refractivity contribution in [3.63, 3.8) is 0 Å². The highest BCUT2D eigenvalue weighted by molar-refractivity contribution is 7.99. The Morgan fingerprint density at radius 3 is 2.06 bits per heavy atom. The Hall–Kier alpha value is -0.860. The summed E-state index contributed by atoms with van der Waals surface area (Å²) in [5, 5.41) is 0. The van der Waals surface area contributed by atoms with E-state index in [-0.39, 0.29) is 0 Å². The summed E-state index contributed by atoms with van der Waals surface area (Å²) < 4.78 is 0. The lowest BCUT2D eigenvalue weighted by Gasteiger charge is -2.07. The first-order valence-corrected chi connectivity index (χ1v) is 8.18. The van der Waals surface area contributed by atoms with E-state index in [9.17, 15) is 0 Å². The van der Waals surface area contributed by atoms with Crippen LogP contribution in [-0.2, 0) is 6.42 Å². The van der Waals surface area contributed by atoms with Crippen LogP contribution in [0.1, 0.15) is 18.1 Å². The topological polar surface area (TPSA) is 0 Å². The minimum Gasteiger partial charge on any atom is -0.130 e. The highest BCUT2D eigenvalue weighted by Crippen LogP contribution is 2.30. The van der Waals surface area contributed by atoms with Crippen LogP contribution < -0.4 is 0 Å². The molecule has 0 N–H and O–H groups in total. The molecule has 0 amide bonds. The number of benzene rings is 2. The van der Waals surface area contributed by atoms with Gasteiger partial charge < -0.3 is 0 Å². The third-order valence-electron chi connectivity index (χ3n) is 2.99. The summed E-state index contributed by atoms with van der Waals surface area (Å²) in [5.74, 6) is 0. The monoisotopic (exact) mass is 274 g/mol. The lowest BCUT2D eigenvalue weighted by atomic mass is 10.1. The smallest absolute Gasteiger partial charge is 0.0125 e. The fourth-order valence-corrected chi connectivity index (χ4v) is 3.23. The second-order valence-corrected chi connectivity index (χ2v) is 6.25. The molecule has 0 radical (unpaired) electrons. The average molecular weight is 274 g/mol. The van der Waals surface area contributed by atoms with Gasteiger partial charge in [0, 0.05) is 14.7 Å². The maximum absolute atomic E-state index is 2.28. The van der Waals surface area contributed by atoms with Crippen molar-refractivity contribution in [1.82, 2.24) is 0 Å². The second kappa shape index (κ2) is 6.35. The number of hydrogen-bond acceptors (Lipinski definition) is 2. The summed E-state index contributed by atoms with van der Waals surface area (Å²) in [7, 11) is 0. The SMILES string of the molecule is CCc1ccc(Sc2ccc(SC)cc2)cc1C. The third kappa shape index (κ3) is 3.33. The molecule has 0 saturated heterocycles. The molecular weight excluding hydrogens is 256 g/mol. The quantitative estimate of drug-likeness (QED) is 0.682. The van der Waals surface area contributed by atoms with Crippen LogP contribution in [0.25, 0.3) is 0 Å². The Morgan fingerprint density at radius 2 is 1.50 bits per heavy atom. The van der Waals surface area contributed by atoms with Crippen molar-refractivity contribution in [2.45, 2.75) is 35.0 Å². The predicted molar refractivity (Wildman–Crippen MR) is 82.9 cm³/mol. The summed E-state index contributed by atoms with van der Waals surface area (Å²) in [6, 6.07) is 15.5. The molecule has 0 heterocycles. The van der Waals surface area contributed by atoms with Crippen LogP contribution in [0.5, 0.6) is 0 Å². The molecule has 0 saturated carbocycles. The van der Waals surface area contributed by atoms with Crippen molar-refractivity contribution in [3.05, 3.63) is 53.6 Å². The number of thioether (sulfide) groups is 1. The zero-order chi connectivity index (χ0) is 13.0. The van der Waals surface area contributed by atoms with Crippen LogP contribution in [0.4, 0.5) is 0 Å². The van der Waals surface area contributed by atoms with Crippen molar-refractivity contribution in [2.24, 2.45) is 0 Å². The van der Waals surface area contributed by atoms with Gasteiger partial charge in [-0.1, -0.05) is 24.8 Å². The van der Waals surface area contributed by atoms with Crippen molar-refractivity contribution < 1.29 is 0 Å². The molecule has 18 heavy (non-hydrogen) atoms. The van der Waals surface area contributed by atoms with Gasteiger partial charge in [0.2, 0.25) is 0 Å². The standard InChI is InChI=1S/C16H18S2/c1-4-13-5-6-16(11-12(13)2)18-15-9-7-14(17-3)8-10-15/h5-11H,4H2,1-3H3. The molecule has 2 aromatic carbocycles. The zero-order valence-corrected chi connectivity index (χ0v) is 12.7. The first-order valence-electron chi connectivity index (χ1n) is 6.14. The summed E-state index contributed by atoms with van der Waals surface area (Å²) in [6.07, 6.45) is 3.22. The molecule has 0 aromatic heterocycles. The van der Waals surface area contributed by atoms with Gasteiger partial charge in [0.15, 0.2) is 0 Å². The molecule has 2 aromatic rings. The van der Waals surface area contributed by atoms with Gasteiger partial charge >= 0.3 is 0 Å². The van der Waals surface area contributed by atoms with Crippen LogP contribution in [0.15, 0.2) is 57.2 Å². The molecule has 0 atom stereocenters. The molecule has 0 unspecified atom stereocenters. The minimum atomic E-state index is 1.11. The number of aryl methyl sites for hydroxylation is 2. The summed E-state index contributed by atoms with van der Waals surface area (Å²) in [4.78, 5) is 3.94. The van der Waals surface area contributed by atoms with E-state index in [1.165, 1.54) is 25.8 Å². The van der Waals surface area contributed by atoms with E-state index in [0.29, 0.717) is 0 Å². The molecule has 0 bridgehead atoms. The Bertz CT molecular complexity index is 515. The van der Waals surface area contributed by atoms with Gasteiger partial charge in [-0.2, -0.15) is 0 Å². The van der Waals surface area contributed by atoms with Gasteiger partial charge in [0.1, 0.15) is 0 Å². The predicted octanol–water partition coefficient (Wildman–Crippen LogP) is 5.43. The molecule has 0 nitrogen and oxygen atoms in total. The molecule has 2 rings (SSSR count). The van der Waals surface area contributed by atoms with Crippen LogP contribution in [0, 0.1) is 6.92 Å². The number of hydrogen-bond donors (Lipinski definition) is 0. The van der Waals surface area contributed by atoms with Crippen LogP contribution in [-0.4, -0.2) is 6.26 Å². The van der Waals surface area contributed by atoms with Crippen LogP contribution >= 0.6 is 23.5 Å². The normalized spacial score (nSPS) is 10.6. The van der Waals surface area contributed by atoms with Gasteiger partial charge in [0.05, 0.1) is 0 Å². The largest absolute Gasteiger partial charge is 0.130 e. The molecule has 2 heteroatoms. The van der Waals surface area contributed by atoms with E-state index in [0.717, 1.165) is 6.42 Å². The Morgan fingerprint density at radius 1 is 0.889 bits per heavy atom. The fourth-order valence-electron chi connectivity index (χ4n) is 1.91. The Kier molecular flexibility index (Phi) is 4.79. The number of rotatable bonds is 4. The van der Waals surface area contributed by atoms with Crippen molar-refractivity contribution >= 4 is 23.5 Å². The highest BCUT2D eigenvalue weighted by Gasteiger charge is 2.01. The molecular formula is C16H18S2. The van der Waals surface area contributed by atoms with E-state index < -0.39 is 0 Å². The van der Waals surface area contributed by atoms with E-state index >= 15 is 0 Å². The molecule has 94 valence electrons. The Balaban J connectivity index is 2.15. The van der Waals surface area contributed by atoms with E-state index in [1.54, 1.807) is 11.8 Å². The minimum absolute atomic E-state index is 1.11. The van der Waals surface area contributed by atoms with Gasteiger partial charge in [-0.25, -0.2) is 0 Å². The first kappa shape index (κ1) is 13.6. The molecule has 0 aliphatic heterocycles. The third-order valence-corrected chi connectivity index (χ3v) is 4.73. The van der Waals surface area contributed by atoms with E-state index in [1.807, 2.05) is 11.8 Å². The van der Waals surface area contributed by atoms with Crippen molar-refractivity contribution in [3.8, 4) is 0 Å². The fraction of sp³-hybridized carbons (Fsp3) is 0.250. The van der Waals surface area contributed by atoms with E-state index in [4.69, 9.17) is 0 Å². The lowest BCUT2D eigenvalue weighted by molar-refractivity contribution is 1.10. The average Bonchev–Trinajstić information content (AvgIpc) is 2.40. The molecule has 0 spiro atoms. The first-order chi connectivity index (χ1) is 8.72. The van der Waals surface area contributed by atoms with Gasteiger partial charge in [0.25, 0.3) is 0 Å². The Labute approximate surface area is 118 Å². The van der Waals surface area contributed by atoms with Crippen LogP contribution in [0.3, 0.4) is 0 Å². The summed E-state index contributed by atoms with van der Waals surface area (Å²) >= 11 is 3.61. The van der Waals surface area contributed by atoms with Crippen LogP contribution in [0.2, 0.25) is 0 Å².